The van der Waals surface area contributed by atoms with Crippen LogP contribution in [0.25, 0.3) is 0 Å². The van der Waals surface area contributed by atoms with Crippen LogP contribution in [0, 0.1) is 0 Å². The topological polar surface area (TPSA) is 102 Å². The van der Waals surface area contributed by atoms with Gasteiger partial charge in [-0.15, -0.1) is 0 Å². The number of methoxy groups -OCH3 is 2. The Morgan fingerprint density at radius 1 is 1.19 bits per heavy atom. The second-order valence-corrected chi connectivity index (χ2v) is 5.32. The Morgan fingerprint density at radius 2 is 2.00 bits per heavy atom. The first kappa shape index (κ1) is 18.9. The van der Waals surface area contributed by atoms with Gasteiger partial charge in [0.1, 0.15) is 11.5 Å². The van der Waals surface area contributed by atoms with Gasteiger partial charge < -0.3 is 14.8 Å². The Morgan fingerprint density at radius 3 is 2.65 bits per heavy atom. The summed E-state index contributed by atoms with van der Waals surface area (Å²) in [6, 6.07) is 8.35. The molecule has 8 heteroatoms. The van der Waals surface area contributed by atoms with Gasteiger partial charge in [0, 0.05) is 24.2 Å². The van der Waals surface area contributed by atoms with Crippen LogP contribution in [-0.4, -0.2) is 36.7 Å². The van der Waals surface area contributed by atoms with Crippen molar-refractivity contribution in [1.29, 1.82) is 0 Å². The predicted molar refractivity (Wildman–Crippen MR) is 97.6 cm³/mol. The molecule has 0 fully saturated rings. The molecule has 1 aromatic carbocycles. The van der Waals surface area contributed by atoms with E-state index >= 15 is 0 Å². The van der Waals surface area contributed by atoms with Gasteiger partial charge in [-0.2, -0.15) is 5.10 Å². The highest BCUT2D eigenvalue weighted by atomic mass is 16.5. The minimum absolute atomic E-state index is 0.0164. The molecule has 8 nitrogen and oxygen atoms in total. The van der Waals surface area contributed by atoms with Crippen LogP contribution < -0.4 is 20.2 Å². The molecule has 0 unspecified atom stereocenters. The molecule has 136 valence electrons. The molecule has 1 heterocycles. The lowest BCUT2D eigenvalue weighted by molar-refractivity contribution is -0.115. The molecule has 0 saturated heterocycles. The molecule has 26 heavy (non-hydrogen) atoms. The molecule has 0 aliphatic heterocycles. The van der Waals surface area contributed by atoms with Gasteiger partial charge in [0.25, 0.3) is 5.91 Å². The number of carbonyl (C=O) groups excluding carboxylic acids is 2. The summed E-state index contributed by atoms with van der Waals surface area (Å²) in [6.45, 7) is 1.65. The average molecular weight is 356 g/mol. The van der Waals surface area contributed by atoms with E-state index in [1.807, 2.05) is 0 Å². The first-order valence-corrected chi connectivity index (χ1v) is 7.79. The normalized spacial score (nSPS) is 10.8. The van der Waals surface area contributed by atoms with E-state index in [1.165, 1.54) is 13.3 Å². The van der Waals surface area contributed by atoms with E-state index in [4.69, 9.17) is 9.47 Å². The number of pyridine rings is 1. The number of benzene rings is 1. The minimum atomic E-state index is -0.394. The van der Waals surface area contributed by atoms with Crippen LogP contribution in [0.5, 0.6) is 11.5 Å². The first-order chi connectivity index (χ1) is 12.5. The SMILES string of the molecule is COc1ccc(NC(=O)CC(C)=NNC(=O)c2cccnc2)c(OC)c1. The van der Waals surface area contributed by atoms with Crippen LogP contribution in [0.15, 0.2) is 47.8 Å². The molecule has 2 aromatic rings. The molecule has 0 atom stereocenters. The Hall–Kier alpha value is -3.42. The van der Waals surface area contributed by atoms with Gasteiger partial charge in [-0.1, -0.05) is 0 Å². The van der Waals surface area contributed by atoms with Gasteiger partial charge in [0.2, 0.25) is 5.91 Å². The molecule has 0 aliphatic rings. The quantitative estimate of drug-likeness (QED) is 0.585. The number of rotatable bonds is 7. The minimum Gasteiger partial charge on any atom is -0.497 e. The van der Waals surface area contributed by atoms with Crippen molar-refractivity contribution in [2.24, 2.45) is 5.10 Å². The fourth-order valence-corrected chi connectivity index (χ4v) is 2.08. The monoisotopic (exact) mass is 356 g/mol. The Bertz CT molecular complexity index is 806. The third-order valence-electron chi connectivity index (χ3n) is 3.37. The van der Waals surface area contributed by atoms with Crippen LogP contribution in [0.3, 0.4) is 0 Å². The summed E-state index contributed by atoms with van der Waals surface area (Å²) in [4.78, 5) is 27.9. The molecule has 1 aromatic heterocycles. The number of amides is 2. The molecular weight excluding hydrogens is 336 g/mol. The highest BCUT2D eigenvalue weighted by Gasteiger charge is 2.10. The van der Waals surface area contributed by atoms with Crippen LogP contribution >= 0.6 is 0 Å². The number of ether oxygens (including phenoxy) is 2. The molecular formula is C18H20N4O4. The van der Waals surface area contributed by atoms with E-state index in [0.29, 0.717) is 28.5 Å². The summed E-state index contributed by atoms with van der Waals surface area (Å²) in [6.07, 6.45) is 3.02. The fraction of sp³-hybridized carbons (Fsp3) is 0.222. The highest BCUT2D eigenvalue weighted by molar-refractivity contribution is 6.06. The first-order valence-electron chi connectivity index (χ1n) is 7.79. The van der Waals surface area contributed by atoms with Gasteiger partial charge in [-0.25, -0.2) is 5.43 Å². The zero-order chi connectivity index (χ0) is 18.9. The Balaban J connectivity index is 1.93. The highest BCUT2D eigenvalue weighted by Crippen LogP contribution is 2.29. The summed E-state index contributed by atoms with van der Waals surface area (Å²) in [7, 11) is 3.05. The zero-order valence-corrected chi connectivity index (χ0v) is 14.8. The summed E-state index contributed by atoms with van der Waals surface area (Å²) in [5, 5.41) is 6.67. The van der Waals surface area contributed by atoms with Crippen LogP contribution in [0.2, 0.25) is 0 Å². The summed E-state index contributed by atoms with van der Waals surface area (Å²) in [5.74, 6) is 0.424. The fourth-order valence-electron chi connectivity index (χ4n) is 2.08. The number of nitrogens with zero attached hydrogens (tertiary/aromatic N) is 2. The summed E-state index contributed by atoms with van der Waals surface area (Å²) >= 11 is 0. The number of hydrazone groups is 1. The Labute approximate surface area is 151 Å². The van der Waals surface area contributed by atoms with E-state index in [1.54, 1.807) is 50.6 Å². The largest absolute Gasteiger partial charge is 0.497 e. The number of hydrogen-bond acceptors (Lipinski definition) is 6. The van der Waals surface area contributed by atoms with Gasteiger partial charge >= 0.3 is 0 Å². The van der Waals surface area contributed by atoms with Crippen molar-refractivity contribution in [3.05, 3.63) is 48.3 Å². The third-order valence-corrected chi connectivity index (χ3v) is 3.37. The molecule has 0 spiro atoms. The number of anilines is 1. The average Bonchev–Trinajstić information content (AvgIpc) is 2.67. The summed E-state index contributed by atoms with van der Waals surface area (Å²) < 4.78 is 10.3. The number of aromatic nitrogens is 1. The van der Waals surface area contributed by atoms with Crippen LogP contribution in [0.1, 0.15) is 23.7 Å². The number of carbonyl (C=O) groups is 2. The molecule has 0 aliphatic carbocycles. The van der Waals surface area contributed by atoms with Gasteiger partial charge in [0.15, 0.2) is 0 Å². The van der Waals surface area contributed by atoms with E-state index in [0.717, 1.165) is 0 Å². The summed E-state index contributed by atoms with van der Waals surface area (Å²) in [5.41, 5.74) is 3.75. The predicted octanol–water partition coefficient (Wildman–Crippen LogP) is 2.23. The van der Waals surface area contributed by atoms with Gasteiger partial charge in [0.05, 0.1) is 31.9 Å². The Kier molecular flexibility index (Phi) is 6.67. The zero-order valence-electron chi connectivity index (χ0n) is 14.8. The van der Waals surface area contributed by atoms with Crippen molar-refractivity contribution in [1.82, 2.24) is 10.4 Å². The van der Waals surface area contributed by atoms with E-state index in [9.17, 15) is 9.59 Å². The maximum atomic E-state index is 12.2. The van der Waals surface area contributed by atoms with Gasteiger partial charge in [-0.05, 0) is 31.2 Å². The smallest absolute Gasteiger partial charge is 0.272 e. The van der Waals surface area contributed by atoms with Crippen LogP contribution in [0.4, 0.5) is 5.69 Å². The van der Waals surface area contributed by atoms with E-state index < -0.39 is 5.91 Å². The maximum Gasteiger partial charge on any atom is 0.272 e. The molecule has 2 amide bonds. The van der Waals surface area contributed by atoms with E-state index in [-0.39, 0.29) is 12.3 Å². The van der Waals surface area contributed by atoms with E-state index in [2.05, 4.69) is 20.8 Å². The maximum absolute atomic E-state index is 12.2. The van der Waals surface area contributed by atoms with Crippen LogP contribution in [-0.2, 0) is 4.79 Å². The number of hydrogen-bond donors (Lipinski definition) is 2. The molecule has 0 radical (unpaired) electrons. The van der Waals surface area contributed by atoms with Crippen molar-refractivity contribution in [3.63, 3.8) is 0 Å². The van der Waals surface area contributed by atoms with Gasteiger partial charge in [-0.3, -0.25) is 14.6 Å². The number of nitrogens with one attached hydrogen (secondary N) is 2. The molecule has 2 N–H and O–H groups in total. The second-order valence-electron chi connectivity index (χ2n) is 5.32. The van der Waals surface area contributed by atoms with Crippen molar-refractivity contribution < 1.29 is 19.1 Å². The van der Waals surface area contributed by atoms with Crippen molar-refractivity contribution in [2.75, 3.05) is 19.5 Å². The lowest BCUT2D eigenvalue weighted by atomic mass is 10.2. The molecule has 2 rings (SSSR count). The van der Waals surface area contributed by atoms with Crippen molar-refractivity contribution >= 4 is 23.2 Å². The lowest BCUT2D eigenvalue weighted by Gasteiger charge is -2.11. The third kappa shape index (κ3) is 5.30. The van der Waals surface area contributed by atoms with Crippen molar-refractivity contribution in [2.45, 2.75) is 13.3 Å². The van der Waals surface area contributed by atoms with Crippen molar-refractivity contribution in [3.8, 4) is 11.5 Å². The lowest BCUT2D eigenvalue weighted by Crippen LogP contribution is -2.21. The molecule has 0 saturated carbocycles. The standard InChI is InChI=1S/C18H20N4O4/c1-12(21-22-18(24)13-5-4-8-19-11-13)9-17(23)20-15-7-6-14(25-2)10-16(15)26-3/h4-8,10-11H,9H2,1-3H3,(H,20,23)(H,22,24). The molecule has 0 bridgehead atoms. The second kappa shape index (κ2) is 9.16.